The molecule has 2 aromatic rings. The topological polar surface area (TPSA) is 73.6 Å². The van der Waals surface area contributed by atoms with E-state index in [0.717, 1.165) is 35.8 Å². The Morgan fingerprint density at radius 3 is 2.24 bits per heavy atom. The molecule has 0 saturated carbocycles. The maximum atomic E-state index is 11.2. The van der Waals surface area contributed by atoms with Crippen molar-refractivity contribution in [2.24, 2.45) is 0 Å². The molecule has 1 aliphatic heterocycles. The quantitative estimate of drug-likeness (QED) is 0.193. The number of unbranched alkanes of at least 4 members (excludes halogenated alkanes) is 9. The SMILES string of the molecule is CCCCCCCCCCCCN1c2ccccc2Oc2ccc(/C=C(/C#N)C(=O)O)cc21. The first-order valence-electron chi connectivity index (χ1n) is 12.2. The van der Waals surface area contributed by atoms with Crippen molar-refractivity contribution < 1.29 is 14.6 Å². The van der Waals surface area contributed by atoms with E-state index in [9.17, 15) is 9.90 Å². The van der Waals surface area contributed by atoms with Crippen LogP contribution >= 0.6 is 0 Å². The van der Waals surface area contributed by atoms with Crippen LogP contribution in [-0.4, -0.2) is 17.6 Å². The summed E-state index contributed by atoms with van der Waals surface area (Å²) in [6, 6.07) is 15.3. The summed E-state index contributed by atoms with van der Waals surface area (Å²) >= 11 is 0. The fraction of sp³-hybridized carbons (Fsp3) is 0.429. The molecular formula is C28H34N2O3. The Labute approximate surface area is 197 Å². The number of anilines is 2. The van der Waals surface area contributed by atoms with E-state index in [1.165, 1.54) is 63.9 Å². The summed E-state index contributed by atoms with van der Waals surface area (Å²) in [4.78, 5) is 13.5. The Balaban J connectivity index is 1.64. The summed E-state index contributed by atoms with van der Waals surface area (Å²) in [5.41, 5.74) is 2.30. The van der Waals surface area contributed by atoms with E-state index in [1.54, 1.807) is 12.1 Å². The molecule has 2 aromatic carbocycles. The third kappa shape index (κ3) is 6.86. The van der Waals surface area contributed by atoms with Crippen LogP contribution in [0, 0.1) is 11.3 Å². The summed E-state index contributed by atoms with van der Waals surface area (Å²) in [5, 5.41) is 18.3. The molecule has 0 spiro atoms. The van der Waals surface area contributed by atoms with E-state index in [4.69, 9.17) is 10.00 Å². The summed E-state index contributed by atoms with van der Waals surface area (Å²) < 4.78 is 6.10. The van der Waals surface area contributed by atoms with Gasteiger partial charge in [-0.05, 0) is 42.3 Å². The number of aliphatic carboxylic acids is 1. The maximum Gasteiger partial charge on any atom is 0.346 e. The molecule has 0 amide bonds. The lowest BCUT2D eigenvalue weighted by molar-refractivity contribution is -0.132. The summed E-state index contributed by atoms with van der Waals surface area (Å²) in [6.45, 7) is 3.11. The van der Waals surface area contributed by atoms with Crippen molar-refractivity contribution in [2.75, 3.05) is 11.4 Å². The van der Waals surface area contributed by atoms with Crippen LogP contribution in [0.2, 0.25) is 0 Å². The monoisotopic (exact) mass is 446 g/mol. The second-order valence-corrected chi connectivity index (χ2v) is 8.61. The van der Waals surface area contributed by atoms with Gasteiger partial charge in [-0.3, -0.25) is 0 Å². The Bertz CT molecular complexity index is 1010. The van der Waals surface area contributed by atoms with E-state index in [1.807, 2.05) is 30.3 Å². The molecule has 3 rings (SSSR count). The van der Waals surface area contributed by atoms with Crippen molar-refractivity contribution >= 4 is 23.4 Å². The molecule has 0 saturated heterocycles. The number of carboxylic acid groups (broad SMARTS) is 1. The van der Waals surface area contributed by atoms with Crippen LogP contribution in [0.4, 0.5) is 11.4 Å². The minimum atomic E-state index is -1.22. The molecular weight excluding hydrogens is 412 g/mol. The van der Waals surface area contributed by atoms with E-state index >= 15 is 0 Å². The zero-order chi connectivity index (χ0) is 23.5. The number of hydrogen-bond acceptors (Lipinski definition) is 4. The van der Waals surface area contributed by atoms with Crippen molar-refractivity contribution in [2.45, 2.75) is 71.1 Å². The number of rotatable bonds is 13. The normalized spacial score (nSPS) is 12.5. The van der Waals surface area contributed by atoms with Crippen LogP contribution in [0.1, 0.15) is 76.7 Å². The molecule has 0 radical (unpaired) electrons. The smallest absolute Gasteiger partial charge is 0.346 e. The van der Waals surface area contributed by atoms with E-state index < -0.39 is 5.97 Å². The zero-order valence-corrected chi connectivity index (χ0v) is 19.6. The van der Waals surface area contributed by atoms with E-state index in [0.29, 0.717) is 5.56 Å². The number of carboxylic acids is 1. The van der Waals surface area contributed by atoms with Crippen LogP contribution in [-0.2, 0) is 4.79 Å². The summed E-state index contributed by atoms with van der Waals surface area (Å²) in [7, 11) is 0. The second kappa shape index (κ2) is 12.7. The van der Waals surface area contributed by atoms with Gasteiger partial charge in [0.1, 0.15) is 11.6 Å². The van der Waals surface area contributed by atoms with Crippen LogP contribution < -0.4 is 9.64 Å². The molecule has 0 unspecified atom stereocenters. The largest absolute Gasteiger partial charge is 0.477 e. The van der Waals surface area contributed by atoms with Gasteiger partial charge in [0.15, 0.2) is 11.5 Å². The molecule has 5 heteroatoms. The number of carbonyl (C=O) groups is 1. The number of hydrogen-bond donors (Lipinski definition) is 1. The van der Waals surface area contributed by atoms with Gasteiger partial charge in [-0.2, -0.15) is 5.26 Å². The Morgan fingerprint density at radius 2 is 1.58 bits per heavy atom. The van der Waals surface area contributed by atoms with Crippen molar-refractivity contribution in [3.63, 3.8) is 0 Å². The van der Waals surface area contributed by atoms with Gasteiger partial charge in [-0.25, -0.2) is 4.79 Å². The van der Waals surface area contributed by atoms with E-state index in [2.05, 4.69) is 17.9 Å². The van der Waals surface area contributed by atoms with Gasteiger partial charge in [0.2, 0.25) is 0 Å². The van der Waals surface area contributed by atoms with Crippen LogP contribution in [0.5, 0.6) is 11.5 Å². The molecule has 0 fully saturated rings. The molecule has 1 aliphatic rings. The fourth-order valence-electron chi connectivity index (χ4n) is 4.24. The highest BCUT2D eigenvalue weighted by molar-refractivity contribution is 5.96. The van der Waals surface area contributed by atoms with Crippen LogP contribution in [0.3, 0.4) is 0 Å². The molecule has 174 valence electrons. The predicted molar refractivity (Wildman–Crippen MR) is 133 cm³/mol. The predicted octanol–water partition coefficient (Wildman–Crippen LogP) is 7.84. The highest BCUT2D eigenvalue weighted by Gasteiger charge is 2.24. The number of para-hydroxylation sites is 2. The summed E-state index contributed by atoms with van der Waals surface area (Å²) in [6.07, 6.45) is 14.3. The number of nitriles is 1. The minimum absolute atomic E-state index is 0.284. The van der Waals surface area contributed by atoms with Crippen molar-refractivity contribution in [1.29, 1.82) is 5.26 Å². The third-order valence-corrected chi connectivity index (χ3v) is 6.05. The highest BCUT2D eigenvalue weighted by Crippen LogP contribution is 2.47. The zero-order valence-electron chi connectivity index (χ0n) is 19.6. The molecule has 0 bridgehead atoms. The van der Waals surface area contributed by atoms with Gasteiger partial charge in [0, 0.05) is 6.54 Å². The second-order valence-electron chi connectivity index (χ2n) is 8.61. The molecule has 0 aromatic heterocycles. The molecule has 0 aliphatic carbocycles. The minimum Gasteiger partial charge on any atom is -0.477 e. The lowest BCUT2D eigenvalue weighted by Gasteiger charge is -2.33. The first-order valence-corrected chi connectivity index (χ1v) is 12.2. The first kappa shape index (κ1) is 24.4. The average Bonchev–Trinajstić information content (AvgIpc) is 2.83. The molecule has 1 heterocycles. The molecule has 33 heavy (non-hydrogen) atoms. The Morgan fingerprint density at radius 1 is 0.939 bits per heavy atom. The van der Waals surface area contributed by atoms with Gasteiger partial charge in [0.05, 0.1) is 11.4 Å². The summed E-state index contributed by atoms with van der Waals surface area (Å²) in [5.74, 6) is 0.342. The fourth-order valence-corrected chi connectivity index (χ4v) is 4.24. The van der Waals surface area contributed by atoms with Gasteiger partial charge in [-0.1, -0.05) is 82.9 Å². The lowest BCUT2D eigenvalue weighted by atomic mass is 10.1. The number of ether oxygens (including phenoxy) is 1. The Kier molecular flexibility index (Phi) is 9.38. The number of fused-ring (bicyclic) bond motifs is 2. The van der Waals surface area contributed by atoms with Crippen LogP contribution in [0.15, 0.2) is 48.0 Å². The molecule has 5 nitrogen and oxygen atoms in total. The van der Waals surface area contributed by atoms with Gasteiger partial charge in [0.25, 0.3) is 0 Å². The van der Waals surface area contributed by atoms with Gasteiger partial charge < -0.3 is 14.7 Å². The number of benzene rings is 2. The molecule has 1 N–H and O–H groups in total. The first-order chi connectivity index (χ1) is 16.1. The average molecular weight is 447 g/mol. The lowest BCUT2D eigenvalue weighted by Crippen LogP contribution is -2.22. The maximum absolute atomic E-state index is 11.2. The third-order valence-electron chi connectivity index (χ3n) is 6.05. The number of nitrogens with zero attached hydrogens (tertiary/aromatic N) is 2. The van der Waals surface area contributed by atoms with Crippen molar-refractivity contribution in [3.8, 4) is 17.6 Å². The van der Waals surface area contributed by atoms with Gasteiger partial charge >= 0.3 is 5.97 Å². The Hall–Kier alpha value is -3.26. The highest BCUT2D eigenvalue weighted by atomic mass is 16.5. The van der Waals surface area contributed by atoms with Crippen molar-refractivity contribution in [3.05, 3.63) is 53.6 Å². The van der Waals surface area contributed by atoms with Crippen LogP contribution in [0.25, 0.3) is 6.08 Å². The van der Waals surface area contributed by atoms with Gasteiger partial charge in [-0.15, -0.1) is 0 Å². The van der Waals surface area contributed by atoms with E-state index in [-0.39, 0.29) is 5.57 Å². The molecule has 0 atom stereocenters. The van der Waals surface area contributed by atoms with Crippen molar-refractivity contribution in [1.82, 2.24) is 0 Å². The standard InChI is InChI=1S/C28H34N2O3/c1-2-3-4-5-6-7-8-9-10-13-18-30-24-14-11-12-15-26(24)33-27-17-16-22(20-25(27)30)19-23(21-29)28(31)32/h11-12,14-17,19-20H,2-10,13,18H2,1H3,(H,31,32)/b23-19-.